The van der Waals surface area contributed by atoms with Gasteiger partial charge in [-0.2, -0.15) is 0 Å². The minimum absolute atomic E-state index is 0.979. The summed E-state index contributed by atoms with van der Waals surface area (Å²) >= 11 is 7.43. The van der Waals surface area contributed by atoms with Crippen LogP contribution in [0.15, 0.2) is 4.41 Å². The Hall–Kier alpha value is 1.09. The van der Waals surface area contributed by atoms with Gasteiger partial charge in [0.15, 0.2) is 14.9 Å². The monoisotopic (exact) mass is 385 g/mol. The summed E-state index contributed by atoms with van der Waals surface area (Å²) in [6, 6.07) is 0. The summed E-state index contributed by atoms with van der Waals surface area (Å²) in [7, 11) is -4.71. The van der Waals surface area contributed by atoms with Gasteiger partial charge >= 0.3 is 0 Å². The van der Waals surface area contributed by atoms with Crippen molar-refractivity contribution in [2.75, 3.05) is 13.1 Å². The van der Waals surface area contributed by atoms with Crippen molar-refractivity contribution in [3.63, 3.8) is 0 Å². The summed E-state index contributed by atoms with van der Waals surface area (Å²) in [4.78, 5) is 0. The molecule has 0 amide bonds. The third-order valence-corrected chi connectivity index (χ3v) is 22.6. The zero-order chi connectivity index (χ0) is 17.3. The average Bonchev–Trinajstić information content (AvgIpc) is 2.09. The Kier molecular flexibility index (Phi) is 7.71. The molecule has 0 saturated heterocycles. The van der Waals surface area contributed by atoms with Gasteiger partial charge in [0.05, 0.1) is 0 Å². The molecule has 0 N–H and O–H groups in total. The van der Waals surface area contributed by atoms with Crippen LogP contribution in [-0.4, -0.2) is 46.5 Å². The fourth-order valence-corrected chi connectivity index (χ4v) is 30.3. The van der Waals surface area contributed by atoms with Gasteiger partial charge in [-0.15, -0.1) is 0 Å². The van der Waals surface area contributed by atoms with Crippen molar-refractivity contribution in [1.82, 2.24) is 8.67 Å². The fraction of sp³-hybridized carbons (Fsp3) is 1.00. The second kappa shape index (κ2) is 7.32. The summed E-state index contributed by atoms with van der Waals surface area (Å²) < 4.78 is 10.6. The molecule has 0 saturated carbocycles. The number of rotatable bonds is 7. The minimum Gasteiger partial charge on any atom is -0.301 e. The Morgan fingerprint density at radius 1 is 0.810 bits per heavy atom. The van der Waals surface area contributed by atoms with Gasteiger partial charge < -0.3 is 4.41 Å². The van der Waals surface area contributed by atoms with E-state index in [4.69, 9.17) is 15.7 Å². The highest BCUT2D eigenvalue weighted by atomic mass is 35.7. The third-order valence-electron chi connectivity index (χ3n) is 3.04. The summed E-state index contributed by atoms with van der Waals surface area (Å²) in [6.07, 6.45) is 0. The Morgan fingerprint density at radius 3 is 1.33 bits per heavy atom. The van der Waals surface area contributed by atoms with E-state index in [-0.39, 0.29) is 0 Å². The first-order valence-corrected chi connectivity index (χ1v) is 20.9. The third kappa shape index (κ3) is 6.24. The van der Waals surface area contributed by atoms with E-state index in [1.165, 1.54) is 0 Å². The van der Waals surface area contributed by atoms with Crippen LogP contribution in [0.5, 0.6) is 0 Å². The molecule has 0 radical (unpaired) electrons. The molecule has 8 heteroatoms. The Morgan fingerprint density at radius 2 is 1.14 bits per heavy atom. The van der Waals surface area contributed by atoms with E-state index >= 15 is 0 Å². The van der Waals surface area contributed by atoms with Crippen molar-refractivity contribution in [2.24, 2.45) is 4.41 Å². The van der Waals surface area contributed by atoms with Crippen LogP contribution in [0, 0.1) is 0 Å². The maximum absolute atomic E-state index is 7.43. The van der Waals surface area contributed by atoms with E-state index in [0.29, 0.717) is 0 Å². The van der Waals surface area contributed by atoms with Gasteiger partial charge in [0.1, 0.15) is 16.5 Å². The predicted octanol–water partition coefficient (Wildman–Crippen LogP) is 6.32. The molecule has 3 nitrogen and oxygen atoms in total. The quantitative estimate of drug-likeness (QED) is 0.377. The van der Waals surface area contributed by atoms with E-state index in [2.05, 4.69) is 81.4 Å². The van der Waals surface area contributed by atoms with Crippen LogP contribution in [0.2, 0.25) is 58.9 Å². The molecule has 128 valence electrons. The normalized spacial score (nSPS) is 17.2. The first-order chi connectivity index (χ1) is 9.09. The maximum atomic E-state index is 7.43. The molecule has 0 aliphatic rings. The van der Waals surface area contributed by atoms with E-state index in [1.54, 1.807) is 0 Å². The average molecular weight is 386 g/mol. The van der Waals surface area contributed by atoms with Crippen LogP contribution in [0.1, 0.15) is 13.8 Å². The van der Waals surface area contributed by atoms with Crippen LogP contribution in [-0.2, 0) is 0 Å². The van der Waals surface area contributed by atoms with E-state index in [1.807, 2.05) is 0 Å². The lowest BCUT2D eigenvalue weighted by molar-refractivity contribution is 0.494. The summed E-state index contributed by atoms with van der Waals surface area (Å²) in [5.74, 6) is 0. The first-order valence-electron chi connectivity index (χ1n) is 7.99. The molecule has 0 aliphatic carbocycles. The van der Waals surface area contributed by atoms with Gasteiger partial charge in [-0.25, -0.2) is 4.67 Å². The molecule has 0 aromatic rings. The lowest BCUT2D eigenvalue weighted by Gasteiger charge is -2.52. The lowest BCUT2D eigenvalue weighted by Crippen LogP contribution is -2.58. The van der Waals surface area contributed by atoms with Gasteiger partial charge in [0, 0.05) is 13.1 Å². The summed E-state index contributed by atoms with van der Waals surface area (Å²) in [5, 5.41) is 0. The van der Waals surface area contributed by atoms with Crippen LogP contribution in [0.25, 0.3) is 0 Å². The molecule has 0 heterocycles. The van der Waals surface area contributed by atoms with Crippen LogP contribution >= 0.6 is 17.9 Å². The smallest absolute Gasteiger partial charge is 0.175 e. The molecule has 0 spiro atoms. The highest BCUT2D eigenvalue weighted by molar-refractivity contribution is 7.90. The van der Waals surface area contributed by atoms with Gasteiger partial charge in [-0.3, -0.25) is 4.00 Å². The standard InChI is InChI=1S/C13H37ClN3PSi3/c1-12-16(13-2)18(14,15-19(3,4)5)17(20(6,7)8)21(9,10)11/h12-13H2,1-11H3. The SMILES string of the molecule is CCN(CC)P(Cl)(=N[Si](C)(C)C)N([Si](C)(C)C)[Si](C)(C)C. The van der Waals surface area contributed by atoms with E-state index in [9.17, 15) is 0 Å². The van der Waals surface area contributed by atoms with Gasteiger partial charge in [0.2, 0.25) is 0 Å². The first kappa shape index (κ1) is 22.1. The molecule has 0 rings (SSSR count). The van der Waals surface area contributed by atoms with Crippen molar-refractivity contribution in [2.45, 2.75) is 72.8 Å². The molecule has 0 aromatic carbocycles. The van der Waals surface area contributed by atoms with E-state index < -0.39 is 31.4 Å². The van der Waals surface area contributed by atoms with Gasteiger partial charge in [-0.05, 0) is 30.9 Å². The summed E-state index contributed by atoms with van der Waals surface area (Å²) in [5.41, 5.74) is 0. The number of nitrogens with zero attached hydrogens (tertiary/aromatic N) is 3. The Bertz CT molecular complexity index is 379. The highest BCUT2D eigenvalue weighted by Crippen LogP contribution is 2.65. The number of hydrogen-bond donors (Lipinski definition) is 0. The Labute approximate surface area is 141 Å². The maximum Gasteiger partial charge on any atom is 0.175 e. The molecular formula is C13H37ClN3PSi3. The van der Waals surface area contributed by atoms with Crippen molar-refractivity contribution < 1.29 is 0 Å². The van der Waals surface area contributed by atoms with Crippen molar-refractivity contribution in [3.05, 3.63) is 0 Å². The zero-order valence-corrected chi connectivity index (χ0v) is 20.7. The van der Waals surface area contributed by atoms with Crippen LogP contribution < -0.4 is 0 Å². The largest absolute Gasteiger partial charge is 0.301 e. The second-order valence-electron chi connectivity index (χ2n) is 8.56. The molecule has 1 unspecified atom stereocenters. The molecule has 0 fully saturated rings. The van der Waals surface area contributed by atoms with Crippen molar-refractivity contribution in [1.29, 1.82) is 0 Å². The van der Waals surface area contributed by atoms with Crippen molar-refractivity contribution >= 4 is 42.7 Å². The highest BCUT2D eigenvalue weighted by Gasteiger charge is 2.46. The zero-order valence-electron chi connectivity index (χ0n) is 16.1. The van der Waals surface area contributed by atoms with Crippen molar-refractivity contribution in [3.8, 4) is 0 Å². The van der Waals surface area contributed by atoms with Gasteiger partial charge in [0.25, 0.3) is 0 Å². The molecule has 0 aliphatic heterocycles. The number of halogens is 1. The molecule has 1 atom stereocenters. The van der Waals surface area contributed by atoms with E-state index in [0.717, 1.165) is 13.1 Å². The lowest BCUT2D eigenvalue weighted by atomic mass is 10.7. The summed E-state index contributed by atoms with van der Waals surface area (Å²) in [6.45, 7) is 25.7. The molecule has 0 aromatic heterocycles. The van der Waals surface area contributed by atoms with Crippen LogP contribution in [0.4, 0.5) is 0 Å². The number of hydrogen-bond acceptors (Lipinski definition) is 1. The molecular weight excluding hydrogens is 349 g/mol. The molecule has 0 bridgehead atoms. The topological polar surface area (TPSA) is 18.8 Å². The van der Waals surface area contributed by atoms with Crippen LogP contribution in [0.3, 0.4) is 0 Å². The molecule has 21 heavy (non-hydrogen) atoms. The fourth-order valence-electron chi connectivity index (χ4n) is 2.97. The Balaban J connectivity index is 6.43. The van der Waals surface area contributed by atoms with Gasteiger partial charge in [-0.1, -0.05) is 53.1 Å². The minimum atomic E-state index is -2.11. The second-order valence-corrected chi connectivity index (χ2v) is 27.8. The predicted molar refractivity (Wildman–Crippen MR) is 110 cm³/mol.